The molecule has 0 radical (unpaired) electrons. The van der Waals surface area contributed by atoms with Gasteiger partial charge in [-0.2, -0.15) is 13.2 Å². The number of aliphatic hydroxyl groups is 1. The number of fused-ring (bicyclic) bond motifs is 1. The molecule has 2 fully saturated rings. The van der Waals surface area contributed by atoms with Crippen LogP contribution in [0.25, 0.3) is 11.1 Å². The summed E-state index contributed by atoms with van der Waals surface area (Å²) < 4.78 is 55.4. The minimum Gasteiger partial charge on any atom is -0.491 e. The van der Waals surface area contributed by atoms with Crippen molar-refractivity contribution in [2.75, 3.05) is 6.61 Å². The smallest absolute Gasteiger partial charge is 0.416 e. The van der Waals surface area contributed by atoms with E-state index in [1.54, 1.807) is 18.2 Å². The highest BCUT2D eigenvalue weighted by Crippen LogP contribution is 2.44. The quantitative estimate of drug-likeness (QED) is 0.279. The van der Waals surface area contributed by atoms with E-state index in [0.29, 0.717) is 12.0 Å². The highest BCUT2D eigenvalue weighted by Gasteiger charge is 2.50. The second-order valence-electron chi connectivity index (χ2n) is 9.89. The summed E-state index contributed by atoms with van der Waals surface area (Å²) >= 11 is 0. The number of aliphatic hydroxyl groups excluding tert-OH is 1. The summed E-state index contributed by atoms with van der Waals surface area (Å²) in [5.74, 6) is -1.49. The molecule has 1 N–H and O–H groups in total. The summed E-state index contributed by atoms with van der Waals surface area (Å²) in [7, 11) is 0. The second kappa shape index (κ2) is 11.6. The van der Waals surface area contributed by atoms with Gasteiger partial charge in [-0.15, -0.1) is 0 Å². The predicted molar refractivity (Wildman–Crippen MR) is 139 cm³/mol. The van der Waals surface area contributed by atoms with Crippen molar-refractivity contribution in [3.05, 3.63) is 102 Å². The van der Waals surface area contributed by atoms with Crippen molar-refractivity contribution in [1.82, 2.24) is 0 Å². The third-order valence-electron chi connectivity index (χ3n) is 7.17. The van der Waals surface area contributed by atoms with Crippen LogP contribution in [0.3, 0.4) is 0 Å². The van der Waals surface area contributed by atoms with Crippen molar-refractivity contribution in [3.63, 3.8) is 0 Å². The van der Waals surface area contributed by atoms with E-state index in [1.807, 2.05) is 42.5 Å². The van der Waals surface area contributed by atoms with Crippen LogP contribution in [0.15, 0.2) is 91.0 Å². The number of ether oxygens (including phenoxy) is 3. The molecule has 208 valence electrons. The average molecular weight is 553 g/mol. The maximum Gasteiger partial charge on any atom is 0.416 e. The van der Waals surface area contributed by atoms with Crippen LogP contribution in [0.5, 0.6) is 5.75 Å². The molecule has 0 aromatic heterocycles. The van der Waals surface area contributed by atoms with Crippen LogP contribution in [-0.2, 0) is 20.4 Å². The summed E-state index contributed by atoms with van der Waals surface area (Å²) in [5, 5.41) is 10.4. The van der Waals surface area contributed by atoms with Gasteiger partial charge in [-0.1, -0.05) is 60.7 Å². The maximum absolute atomic E-state index is 13.0. The Morgan fingerprint density at radius 3 is 2.48 bits per heavy atom. The Balaban J connectivity index is 1.23. The lowest BCUT2D eigenvalue weighted by Crippen LogP contribution is -2.25. The zero-order chi connectivity index (χ0) is 28.3. The molecule has 3 aromatic rings. The second-order valence-corrected chi connectivity index (χ2v) is 9.89. The SMILES string of the molecule is O=C1C[C@@H]2[C@@H](/C=C/[C@H](O)COc3cccc(C(F)(F)F)c3)[C@H](OC(=O)c3ccc(-c4ccccc4)cc3)C[C@@H]2O1. The van der Waals surface area contributed by atoms with Gasteiger partial charge in [0.05, 0.1) is 17.5 Å². The summed E-state index contributed by atoms with van der Waals surface area (Å²) in [4.78, 5) is 24.9. The zero-order valence-corrected chi connectivity index (χ0v) is 21.3. The Kier molecular flexibility index (Phi) is 7.93. The van der Waals surface area contributed by atoms with Crippen LogP contribution in [0.1, 0.15) is 28.8 Å². The fourth-order valence-electron chi connectivity index (χ4n) is 5.18. The first-order chi connectivity index (χ1) is 19.2. The van der Waals surface area contributed by atoms with Gasteiger partial charge in [-0.25, -0.2) is 4.79 Å². The van der Waals surface area contributed by atoms with E-state index in [0.717, 1.165) is 23.3 Å². The largest absolute Gasteiger partial charge is 0.491 e. The number of esters is 2. The topological polar surface area (TPSA) is 82.1 Å². The first-order valence-electron chi connectivity index (χ1n) is 12.9. The lowest BCUT2D eigenvalue weighted by Gasteiger charge is -2.21. The zero-order valence-electron chi connectivity index (χ0n) is 21.3. The van der Waals surface area contributed by atoms with E-state index in [2.05, 4.69) is 0 Å². The molecule has 1 saturated heterocycles. The number of hydrogen-bond donors (Lipinski definition) is 1. The minimum atomic E-state index is -4.51. The lowest BCUT2D eigenvalue weighted by atomic mass is 9.91. The van der Waals surface area contributed by atoms with Crippen molar-refractivity contribution in [2.45, 2.75) is 37.3 Å². The first-order valence-corrected chi connectivity index (χ1v) is 12.9. The summed E-state index contributed by atoms with van der Waals surface area (Å²) in [5.41, 5.74) is 1.51. The molecule has 0 spiro atoms. The number of benzene rings is 3. The molecule has 3 aromatic carbocycles. The van der Waals surface area contributed by atoms with Gasteiger partial charge in [0, 0.05) is 18.3 Å². The third kappa shape index (κ3) is 6.37. The summed E-state index contributed by atoms with van der Waals surface area (Å²) in [6.45, 7) is -0.285. The molecule has 0 amide bonds. The molecule has 6 nitrogen and oxygen atoms in total. The number of alkyl halides is 3. The van der Waals surface area contributed by atoms with E-state index in [1.165, 1.54) is 18.2 Å². The molecule has 0 bridgehead atoms. The molecule has 1 aliphatic carbocycles. The molecule has 5 rings (SSSR count). The van der Waals surface area contributed by atoms with Crippen molar-refractivity contribution >= 4 is 11.9 Å². The van der Waals surface area contributed by atoms with E-state index < -0.39 is 41.9 Å². The Morgan fingerprint density at radius 2 is 1.75 bits per heavy atom. The number of carbonyl (C=O) groups excluding carboxylic acids is 2. The summed E-state index contributed by atoms with van der Waals surface area (Å²) in [6, 6.07) is 21.2. The minimum absolute atomic E-state index is 0.0249. The van der Waals surface area contributed by atoms with Crippen LogP contribution >= 0.6 is 0 Å². The molecule has 0 unspecified atom stereocenters. The van der Waals surface area contributed by atoms with Gasteiger partial charge in [0.2, 0.25) is 0 Å². The standard InChI is InChI=1S/C31H27F3O6/c32-31(33,34)22-7-4-8-24(15-22)38-18-23(35)13-14-25-26-16-29(36)39-28(26)17-27(25)40-30(37)21-11-9-20(10-12-21)19-5-2-1-3-6-19/h1-15,23,25-28,35H,16-18H2/b14-13+/t23-,25+,26+,27+,28-/m0/s1. The van der Waals surface area contributed by atoms with Crippen molar-refractivity contribution in [1.29, 1.82) is 0 Å². The lowest BCUT2D eigenvalue weighted by molar-refractivity contribution is -0.142. The molecular weight excluding hydrogens is 525 g/mol. The van der Waals surface area contributed by atoms with Crippen LogP contribution < -0.4 is 4.74 Å². The molecule has 40 heavy (non-hydrogen) atoms. The number of halogens is 3. The van der Waals surface area contributed by atoms with Crippen LogP contribution in [0.2, 0.25) is 0 Å². The van der Waals surface area contributed by atoms with Gasteiger partial charge in [0.25, 0.3) is 0 Å². The normalized spacial score (nSPS) is 23.1. The van der Waals surface area contributed by atoms with Gasteiger partial charge in [-0.3, -0.25) is 4.79 Å². The van der Waals surface area contributed by atoms with Crippen LogP contribution in [0.4, 0.5) is 13.2 Å². The number of carbonyl (C=O) groups is 2. The number of hydrogen-bond acceptors (Lipinski definition) is 6. The van der Waals surface area contributed by atoms with E-state index in [9.17, 15) is 27.9 Å². The Labute approximate surface area is 229 Å². The third-order valence-corrected chi connectivity index (χ3v) is 7.17. The monoisotopic (exact) mass is 552 g/mol. The predicted octanol–water partition coefficient (Wildman–Crippen LogP) is 5.85. The molecule has 1 heterocycles. The van der Waals surface area contributed by atoms with Crippen molar-refractivity contribution in [3.8, 4) is 16.9 Å². The fraction of sp³-hybridized carbons (Fsp3) is 0.290. The molecule has 1 saturated carbocycles. The van der Waals surface area contributed by atoms with E-state index >= 15 is 0 Å². The highest BCUT2D eigenvalue weighted by molar-refractivity contribution is 5.90. The van der Waals surface area contributed by atoms with Gasteiger partial charge < -0.3 is 19.3 Å². The van der Waals surface area contributed by atoms with Crippen LogP contribution in [-0.4, -0.2) is 42.0 Å². The van der Waals surface area contributed by atoms with E-state index in [-0.39, 0.29) is 30.7 Å². The van der Waals surface area contributed by atoms with Gasteiger partial charge in [0.1, 0.15) is 30.7 Å². The molecule has 5 atom stereocenters. The molecule has 9 heteroatoms. The number of rotatable bonds is 8. The molecule has 1 aliphatic heterocycles. The fourth-order valence-corrected chi connectivity index (χ4v) is 5.18. The summed E-state index contributed by atoms with van der Waals surface area (Å²) in [6.07, 6.45) is -3.03. The molecule has 2 aliphatic rings. The van der Waals surface area contributed by atoms with Gasteiger partial charge >= 0.3 is 18.1 Å². The van der Waals surface area contributed by atoms with Crippen molar-refractivity contribution < 1.29 is 42.1 Å². The van der Waals surface area contributed by atoms with E-state index in [4.69, 9.17) is 14.2 Å². The van der Waals surface area contributed by atoms with Gasteiger partial charge in [0.15, 0.2) is 0 Å². The Hall–Kier alpha value is -4.11. The first kappa shape index (κ1) is 27.5. The van der Waals surface area contributed by atoms with Gasteiger partial charge in [-0.05, 0) is 41.5 Å². The van der Waals surface area contributed by atoms with Crippen LogP contribution in [0, 0.1) is 11.8 Å². The average Bonchev–Trinajstić information content (AvgIpc) is 3.46. The van der Waals surface area contributed by atoms with Crippen molar-refractivity contribution in [2.24, 2.45) is 11.8 Å². The maximum atomic E-state index is 13.0. The Morgan fingerprint density at radius 1 is 1.02 bits per heavy atom. The Bertz CT molecular complexity index is 1370. The highest BCUT2D eigenvalue weighted by atomic mass is 19.4. The molecular formula is C31H27F3O6.